The van der Waals surface area contributed by atoms with Gasteiger partial charge >= 0.3 is 0 Å². The van der Waals surface area contributed by atoms with Crippen molar-refractivity contribution in [3.63, 3.8) is 0 Å². The van der Waals surface area contributed by atoms with E-state index in [0.29, 0.717) is 30.8 Å². The first kappa shape index (κ1) is 22.3. The van der Waals surface area contributed by atoms with Crippen molar-refractivity contribution in [2.45, 2.75) is 24.7 Å². The van der Waals surface area contributed by atoms with Crippen molar-refractivity contribution in [2.24, 2.45) is 11.7 Å². The number of benzene rings is 2. The van der Waals surface area contributed by atoms with Gasteiger partial charge in [0, 0.05) is 31.1 Å². The Bertz CT molecular complexity index is 967. The molecule has 0 bridgehead atoms. The second-order valence-corrected chi connectivity index (χ2v) is 8.88. The molecule has 0 aliphatic carbocycles. The van der Waals surface area contributed by atoms with E-state index in [1.807, 2.05) is 30.3 Å². The maximum Gasteiger partial charge on any atom is 0.271 e. The number of hydrogen-bond acceptors (Lipinski definition) is 5. The molecular weight excluding hydrogens is 402 g/mol. The molecule has 1 aliphatic heterocycles. The first-order valence-electron chi connectivity index (χ1n) is 8.76. The number of nitro groups is 1. The summed E-state index contributed by atoms with van der Waals surface area (Å²) in [7, 11) is -3.86. The van der Waals surface area contributed by atoms with Crippen LogP contribution in [-0.2, 0) is 10.0 Å². The molecule has 9 heteroatoms. The van der Waals surface area contributed by atoms with Gasteiger partial charge in [0.25, 0.3) is 5.69 Å². The quantitative estimate of drug-likeness (QED) is 0.585. The predicted molar refractivity (Wildman–Crippen MR) is 110 cm³/mol. The van der Waals surface area contributed by atoms with E-state index >= 15 is 0 Å². The maximum atomic E-state index is 13.3. The molecule has 152 valence electrons. The van der Waals surface area contributed by atoms with Crippen LogP contribution in [0.15, 0.2) is 47.4 Å². The van der Waals surface area contributed by atoms with E-state index in [-0.39, 0.29) is 34.8 Å². The average molecular weight is 426 g/mol. The maximum absolute atomic E-state index is 13.3. The minimum absolute atomic E-state index is 0. The number of nitro benzene ring substituents is 1. The summed E-state index contributed by atoms with van der Waals surface area (Å²) in [5, 5.41) is 11.2. The lowest BCUT2D eigenvalue weighted by molar-refractivity contribution is -0.385. The van der Waals surface area contributed by atoms with E-state index in [2.05, 4.69) is 0 Å². The number of hydrogen-bond donors (Lipinski definition) is 1. The zero-order valence-corrected chi connectivity index (χ0v) is 17.4. The Morgan fingerprint density at radius 3 is 2.39 bits per heavy atom. The van der Waals surface area contributed by atoms with Gasteiger partial charge in [-0.2, -0.15) is 4.31 Å². The summed E-state index contributed by atoms with van der Waals surface area (Å²) in [6.45, 7) is 4.35. The van der Waals surface area contributed by atoms with Crippen LogP contribution in [0, 0.1) is 29.9 Å². The van der Waals surface area contributed by atoms with Gasteiger partial charge in [0.05, 0.1) is 9.82 Å². The molecule has 0 aromatic heterocycles. The number of nitrogens with two attached hydrogens (primary N) is 1. The van der Waals surface area contributed by atoms with Gasteiger partial charge in [0.1, 0.15) is 0 Å². The van der Waals surface area contributed by atoms with E-state index in [0.717, 1.165) is 11.6 Å². The van der Waals surface area contributed by atoms with Crippen LogP contribution < -0.4 is 5.73 Å². The minimum atomic E-state index is -3.86. The van der Waals surface area contributed by atoms with Gasteiger partial charge < -0.3 is 5.73 Å². The minimum Gasteiger partial charge on any atom is -0.330 e. The van der Waals surface area contributed by atoms with Gasteiger partial charge in [-0.1, -0.05) is 30.3 Å². The van der Waals surface area contributed by atoms with Crippen LogP contribution in [0.4, 0.5) is 5.69 Å². The third kappa shape index (κ3) is 4.05. The highest BCUT2D eigenvalue weighted by Crippen LogP contribution is 2.36. The van der Waals surface area contributed by atoms with Crippen molar-refractivity contribution in [1.29, 1.82) is 0 Å². The summed E-state index contributed by atoms with van der Waals surface area (Å²) in [6, 6.07) is 12.3. The van der Waals surface area contributed by atoms with Crippen LogP contribution in [0.3, 0.4) is 0 Å². The molecule has 7 nitrogen and oxygen atoms in total. The van der Waals surface area contributed by atoms with Gasteiger partial charge in [-0.15, -0.1) is 12.4 Å². The second-order valence-electron chi connectivity index (χ2n) is 6.98. The highest BCUT2D eigenvalue weighted by molar-refractivity contribution is 7.89. The summed E-state index contributed by atoms with van der Waals surface area (Å²) >= 11 is 0. The molecule has 0 spiro atoms. The molecule has 0 radical (unpaired) electrons. The summed E-state index contributed by atoms with van der Waals surface area (Å²) < 4.78 is 28.0. The van der Waals surface area contributed by atoms with E-state index in [1.165, 1.54) is 10.4 Å². The van der Waals surface area contributed by atoms with Crippen LogP contribution in [0.2, 0.25) is 0 Å². The fraction of sp³-hybridized carbons (Fsp3) is 0.368. The normalized spacial score (nSPS) is 20.0. The summed E-state index contributed by atoms with van der Waals surface area (Å²) in [5.74, 6) is 0.00773. The van der Waals surface area contributed by atoms with Gasteiger partial charge in [0.15, 0.2) is 0 Å². The largest absolute Gasteiger partial charge is 0.330 e. The van der Waals surface area contributed by atoms with Gasteiger partial charge in [-0.25, -0.2) is 8.42 Å². The van der Waals surface area contributed by atoms with Crippen LogP contribution in [-0.4, -0.2) is 37.3 Å². The van der Waals surface area contributed by atoms with Crippen molar-refractivity contribution in [2.75, 3.05) is 19.6 Å². The van der Waals surface area contributed by atoms with Crippen LogP contribution >= 0.6 is 12.4 Å². The van der Waals surface area contributed by atoms with Crippen LogP contribution in [0.5, 0.6) is 0 Å². The zero-order chi connectivity index (χ0) is 19.8. The molecule has 2 aromatic rings. The van der Waals surface area contributed by atoms with Crippen molar-refractivity contribution < 1.29 is 13.3 Å². The Balaban J connectivity index is 0.00000280. The Hall–Kier alpha value is -2.00. The molecule has 1 heterocycles. The van der Waals surface area contributed by atoms with E-state index in [1.54, 1.807) is 13.8 Å². The number of nitrogens with zero attached hydrogens (tertiary/aromatic N) is 2. The van der Waals surface area contributed by atoms with E-state index in [9.17, 15) is 18.5 Å². The lowest BCUT2D eigenvalue weighted by Gasteiger charge is -2.19. The van der Waals surface area contributed by atoms with Gasteiger partial charge in [0.2, 0.25) is 10.0 Å². The highest BCUT2D eigenvalue weighted by atomic mass is 35.5. The fourth-order valence-electron chi connectivity index (χ4n) is 3.67. The number of non-ortho nitro benzene ring substituents is 1. The molecule has 0 amide bonds. The fourth-order valence-corrected chi connectivity index (χ4v) is 5.51. The molecule has 1 aliphatic rings. The van der Waals surface area contributed by atoms with Crippen molar-refractivity contribution in [1.82, 2.24) is 4.31 Å². The molecule has 28 heavy (non-hydrogen) atoms. The molecule has 2 aromatic carbocycles. The molecular formula is C19H24ClN3O4S. The third-order valence-corrected chi connectivity index (χ3v) is 7.33. The number of rotatable bonds is 5. The molecule has 2 atom stereocenters. The smallest absolute Gasteiger partial charge is 0.271 e. The molecule has 1 fully saturated rings. The summed E-state index contributed by atoms with van der Waals surface area (Å²) in [6.07, 6.45) is 0. The van der Waals surface area contributed by atoms with Crippen molar-refractivity contribution in [3.05, 3.63) is 69.3 Å². The summed E-state index contributed by atoms with van der Waals surface area (Å²) in [5.41, 5.74) is 7.87. The molecule has 2 N–H and O–H groups in total. The molecule has 3 rings (SSSR count). The first-order chi connectivity index (χ1) is 12.8. The Morgan fingerprint density at radius 1 is 1.18 bits per heavy atom. The van der Waals surface area contributed by atoms with Gasteiger partial charge in [-0.05, 0) is 43.0 Å². The average Bonchev–Trinajstić information content (AvgIpc) is 3.09. The highest BCUT2D eigenvalue weighted by Gasteiger charge is 2.40. The van der Waals surface area contributed by atoms with Crippen LogP contribution in [0.25, 0.3) is 0 Å². The molecule has 0 saturated carbocycles. The Labute approximate surface area is 171 Å². The predicted octanol–water partition coefficient (Wildman–Crippen LogP) is 3.00. The summed E-state index contributed by atoms with van der Waals surface area (Å²) in [4.78, 5) is 10.6. The van der Waals surface area contributed by atoms with Crippen LogP contribution in [0.1, 0.15) is 22.6 Å². The van der Waals surface area contributed by atoms with Crippen molar-refractivity contribution >= 4 is 28.1 Å². The van der Waals surface area contributed by atoms with Crippen molar-refractivity contribution in [3.8, 4) is 0 Å². The first-order valence-corrected chi connectivity index (χ1v) is 10.2. The van der Waals surface area contributed by atoms with Gasteiger partial charge in [-0.3, -0.25) is 10.1 Å². The third-order valence-electron chi connectivity index (χ3n) is 5.37. The Kier molecular flexibility index (Phi) is 6.82. The lowest BCUT2D eigenvalue weighted by Crippen LogP contribution is -2.30. The standard InChI is InChI=1S/C19H23N3O4S.ClH/c1-13-8-17(22(23)24)9-19(14(13)2)27(25,26)21-11-16(10-20)18(12-21)15-6-4-3-5-7-15;/h3-9,16,18H,10-12,20H2,1-2H3;1H/t16-,18+;/m1./s1. The Morgan fingerprint density at radius 2 is 1.82 bits per heavy atom. The number of halogens is 1. The topological polar surface area (TPSA) is 107 Å². The van der Waals surface area contributed by atoms with E-state index < -0.39 is 14.9 Å². The second kappa shape index (κ2) is 8.57. The number of sulfonamides is 1. The zero-order valence-electron chi connectivity index (χ0n) is 15.7. The number of aryl methyl sites for hydroxylation is 1. The molecule has 1 saturated heterocycles. The van der Waals surface area contributed by atoms with E-state index in [4.69, 9.17) is 5.73 Å². The SMILES string of the molecule is Cc1cc([N+](=O)[O-])cc(S(=O)(=O)N2C[C@@H](CN)[C@H](c3ccccc3)C2)c1C.Cl. The molecule has 0 unspecified atom stereocenters. The lowest BCUT2D eigenvalue weighted by atomic mass is 9.89. The monoisotopic (exact) mass is 425 g/mol.